The first kappa shape index (κ1) is 52.9. The number of amides is 2. The molecule has 4 saturated heterocycles. The Balaban J connectivity index is 0.774. The summed E-state index contributed by atoms with van der Waals surface area (Å²) in [4.78, 5) is 28.0. The number of imide groups is 1. The van der Waals surface area contributed by atoms with E-state index >= 15 is 0 Å². The molecule has 0 bridgehead atoms. The number of aliphatic hydroxyl groups is 2. The molecule has 16 heteroatoms. The molecule has 0 aliphatic carbocycles. The van der Waals surface area contributed by atoms with Crippen LogP contribution in [0, 0.1) is 0 Å². The molecule has 5 aliphatic rings. The van der Waals surface area contributed by atoms with Crippen LogP contribution >= 0.6 is 0 Å². The molecule has 4 aromatic carbocycles. The second-order valence-electron chi connectivity index (χ2n) is 20.3. The molecule has 5 N–H and O–H groups in total. The average Bonchev–Trinajstić information content (AvgIpc) is 3.61. The van der Waals surface area contributed by atoms with Gasteiger partial charge in [0.25, 0.3) is 11.8 Å². The van der Waals surface area contributed by atoms with Gasteiger partial charge in [-0.25, -0.2) is 0 Å². The van der Waals surface area contributed by atoms with Gasteiger partial charge in [0.15, 0.2) is 25.2 Å². The van der Waals surface area contributed by atoms with Crippen LogP contribution in [0.15, 0.2) is 97.1 Å². The number of para-hydroxylation sites is 3. The predicted molar refractivity (Wildman–Crippen MR) is 265 cm³/mol. The van der Waals surface area contributed by atoms with E-state index in [2.05, 4.69) is 0 Å². The van der Waals surface area contributed by atoms with Crippen molar-refractivity contribution in [3.63, 3.8) is 0 Å². The third-order valence-electron chi connectivity index (χ3n) is 14.7. The fourth-order valence-corrected chi connectivity index (χ4v) is 10.9. The van der Waals surface area contributed by atoms with Crippen LogP contribution in [-0.4, -0.2) is 117 Å². The standard InChI is InChI=1S/C57H71NO15/c1-35-29-38(71-56(67-35)47-22-5-8-25-50(47)62)17-12-18-39-33-43(69-52(68-39)34-58-53(64)44-19-2-3-20-45(44)54(58)65)31-37(60)14-11-16-41-32-40(72-57(73-41)48-23-6-9-26-51(48)63)15-10-13-36(59)30-42-27-28-66-55(70-42)46-21-4-7-24-49(46)61/h2-9,19-26,35-43,52,55-57,59-63H,10-18,27-34H2,1H3. The summed E-state index contributed by atoms with van der Waals surface area (Å²) in [6, 6.07) is 27.7. The number of fused-ring (bicyclic) bond motifs is 1. The van der Waals surface area contributed by atoms with Crippen molar-refractivity contribution in [2.45, 2.75) is 183 Å². The number of hydrogen-bond donors (Lipinski definition) is 5. The van der Waals surface area contributed by atoms with Crippen molar-refractivity contribution in [1.29, 1.82) is 0 Å². The van der Waals surface area contributed by atoms with Gasteiger partial charge in [-0.15, -0.1) is 0 Å². The lowest BCUT2D eigenvalue weighted by Gasteiger charge is -2.38. The molecule has 4 fully saturated rings. The molecule has 73 heavy (non-hydrogen) atoms. The highest BCUT2D eigenvalue weighted by molar-refractivity contribution is 6.21. The molecular weight excluding hydrogens is 939 g/mol. The van der Waals surface area contributed by atoms with Gasteiger partial charge in [-0.05, 0) is 121 Å². The Bertz CT molecular complexity index is 2400. The van der Waals surface area contributed by atoms with Crippen molar-refractivity contribution in [1.82, 2.24) is 4.90 Å². The van der Waals surface area contributed by atoms with Gasteiger partial charge in [0.1, 0.15) is 17.2 Å². The van der Waals surface area contributed by atoms with E-state index in [1.54, 1.807) is 78.9 Å². The van der Waals surface area contributed by atoms with E-state index in [0.717, 1.165) is 12.8 Å². The molecule has 4 aromatic rings. The number of nitrogens with zero attached hydrogens (tertiary/aromatic N) is 1. The molecule has 394 valence electrons. The highest BCUT2D eigenvalue weighted by Crippen LogP contribution is 2.40. The number of hydrogen-bond acceptors (Lipinski definition) is 15. The van der Waals surface area contributed by atoms with Crippen LogP contribution in [0.4, 0.5) is 0 Å². The first-order valence-electron chi connectivity index (χ1n) is 26.3. The van der Waals surface area contributed by atoms with Crippen molar-refractivity contribution < 1.29 is 73.0 Å². The van der Waals surface area contributed by atoms with Gasteiger partial charge in [-0.1, -0.05) is 66.7 Å². The number of carbonyl (C=O) groups is 2. The molecule has 5 aliphatic heterocycles. The maximum atomic E-state index is 13.4. The Morgan fingerprint density at radius 1 is 0.507 bits per heavy atom. The number of aromatic hydroxyl groups is 3. The highest BCUT2D eigenvalue weighted by Gasteiger charge is 2.41. The van der Waals surface area contributed by atoms with Crippen LogP contribution < -0.4 is 0 Å². The zero-order valence-electron chi connectivity index (χ0n) is 41.5. The average molecular weight is 1010 g/mol. The molecule has 13 unspecified atom stereocenters. The number of phenols is 3. The van der Waals surface area contributed by atoms with Crippen molar-refractivity contribution in [3.8, 4) is 17.2 Å². The summed E-state index contributed by atoms with van der Waals surface area (Å²) < 4.78 is 50.1. The summed E-state index contributed by atoms with van der Waals surface area (Å²) in [6.45, 7) is 2.38. The van der Waals surface area contributed by atoms with Gasteiger partial charge in [0.2, 0.25) is 0 Å². The minimum absolute atomic E-state index is 0.0710. The van der Waals surface area contributed by atoms with Crippen molar-refractivity contribution >= 4 is 11.8 Å². The van der Waals surface area contributed by atoms with Crippen molar-refractivity contribution in [2.75, 3.05) is 13.2 Å². The van der Waals surface area contributed by atoms with E-state index < -0.39 is 55.3 Å². The SMILES string of the molecule is CC1CC(CCCC2CC(CC(O)CCCC3CC(CCCC(O)CC4CCOC(c5ccccc5O)O4)OC(c4ccccc4O)O3)OC(CN3C(=O)c4ccccc4C3=O)O2)OC(c2ccccc2O)O1. The van der Waals surface area contributed by atoms with Crippen LogP contribution in [0.2, 0.25) is 0 Å². The lowest BCUT2D eigenvalue weighted by Crippen LogP contribution is -2.47. The summed E-state index contributed by atoms with van der Waals surface area (Å²) in [5.74, 6) is -0.472. The second-order valence-corrected chi connectivity index (χ2v) is 20.3. The van der Waals surface area contributed by atoms with Gasteiger partial charge < -0.3 is 63.4 Å². The topological polar surface area (TPSA) is 212 Å². The Morgan fingerprint density at radius 2 is 0.932 bits per heavy atom. The molecule has 2 amide bonds. The van der Waals surface area contributed by atoms with E-state index in [4.69, 9.17) is 37.9 Å². The van der Waals surface area contributed by atoms with E-state index in [1.165, 1.54) is 4.90 Å². The lowest BCUT2D eigenvalue weighted by molar-refractivity contribution is -0.253. The van der Waals surface area contributed by atoms with E-state index in [0.29, 0.717) is 118 Å². The monoisotopic (exact) mass is 1010 g/mol. The number of benzene rings is 4. The van der Waals surface area contributed by atoms with Gasteiger partial charge in [0, 0.05) is 29.5 Å². The minimum atomic E-state index is -0.888. The lowest BCUT2D eigenvalue weighted by atomic mass is 9.95. The Kier molecular flexibility index (Phi) is 18.1. The smallest absolute Gasteiger partial charge is 0.261 e. The minimum Gasteiger partial charge on any atom is -0.507 e. The van der Waals surface area contributed by atoms with Crippen molar-refractivity contribution in [3.05, 3.63) is 125 Å². The summed E-state index contributed by atoms with van der Waals surface area (Å²) in [5.41, 5.74) is 2.40. The Labute approximate surface area is 427 Å². The summed E-state index contributed by atoms with van der Waals surface area (Å²) in [5, 5.41) is 54.2. The third-order valence-corrected chi connectivity index (χ3v) is 14.7. The van der Waals surface area contributed by atoms with Gasteiger partial charge >= 0.3 is 0 Å². The molecule has 0 saturated carbocycles. The van der Waals surface area contributed by atoms with Crippen LogP contribution in [-0.2, 0) is 37.9 Å². The molecule has 0 aromatic heterocycles. The van der Waals surface area contributed by atoms with Crippen LogP contribution in [0.3, 0.4) is 0 Å². The first-order chi connectivity index (χ1) is 35.4. The van der Waals surface area contributed by atoms with Gasteiger partial charge in [-0.3, -0.25) is 14.5 Å². The quantitative estimate of drug-likeness (QED) is 0.0493. The summed E-state index contributed by atoms with van der Waals surface area (Å²) in [7, 11) is 0. The maximum absolute atomic E-state index is 13.4. The Hall–Kier alpha value is -4.98. The molecule has 16 nitrogen and oxygen atoms in total. The Morgan fingerprint density at radius 3 is 1.49 bits per heavy atom. The normalized spacial score (nSPS) is 29.5. The van der Waals surface area contributed by atoms with E-state index in [1.807, 2.05) is 25.1 Å². The molecule has 0 spiro atoms. The zero-order valence-corrected chi connectivity index (χ0v) is 41.5. The predicted octanol–water partition coefficient (Wildman–Crippen LogP) is 9.18. The van der Waals surface area contributed by atoms with Crippen LogP contribution in [0.5, 0.6) is 17.2 Å². The number of aliphatic hydroxyl groups excluding tert-OH is 2. The summed E-state index contributed by atoms with van der Waals surface area (Å²) >= 11 is 0. The van der Waals surface area contributed by atoms with E-state index in [-0.39, 0.29) is 60.4 Å². The first-order valence-corrected chi connectivity index (χ1v) is 26.3. The molecule has 9 rings (SSSR count). The van der Waals surface area contributed by atoms with E-state index in [9.17, 15) is 35.1 Å². The largest absolute Gasteiger partial charge is 0.507 e. The second kappa shape index (κ2) is 25.0. The maximum Gasteiger partial charge on any atom is 0.261 e. The number of carbonyl (C=O) groups excluding carboxylic acids is 2. The van der Waals surface area contributed by atoms with Gasteiger partial charge in [-0.2, -0.15) is 0 Å². The zero-order chi connectivity index (χ0) is 50.8. The number of phenolic OH excluding ortho intramolecular Hbond substituents is 3. The number of rotatable bonds is 21. The van der Waals surface area contributed by atoms with Gasteiger partial charge in [0.05, 0.1) is 79.2 Å². The highest BCUT2D eigenvalue weighted by atomic mass is 16.7. The molecule has 5 heterocycles. The van der Waals surface area contributed by atoms with Crippen molar-refractivity contribution in [2.24, 2.45) is 0 Å². The van der Waals surface area contributed by atoms with Crippen LogP contribution in [0.25, 0.3) is 0 Å². The summed E-state index contributed by atoms with van der Waals surface area (Å²) in [6.07, 6.45) is 3.21. The molecular formula is C57H71NO15. The number of ether oxygens (including phenoxy) is 8. The third kappa shape index (κ3) is 13.9. The van der Waals surface area contributed by atoms with Crippen LogP contribution in [0.1, 0.15) is 160 Å². The fraction of sp³-hybridized carbons (Fsp3) is 0.544. The molecule has 13 atom stereocenters. The molecule has 0 radical (unpaired) electrons. The fourth-order valence-electron chi connectivity index (χ4n) is 10.9.